The highest BCUT2D eigenvalue weighted by Crippen LogP contribution is 2.04. The van der Waals surface area contributed by atoms with Gasteiger partial charge in [-0.3, -0.25) is 25.2 Å². The van der Waals surface area contributed by atoms with Crippen molar-refractivity contribution in [1.29, 1.82) is 0 Å². The van der Waals surface area contributed by atoms with Crippen LogP contribution in [0.3, 0.4) is 0 Å². The molecule has 136 valence electrons. The molecule has 2 heterocycles. The molecule has 8 nitrogen and oxygen atoms in total. The van der Waals surface area contributed by atoms with Crippen molar-refractivity contribution in [2.24, 2.45) is 0 Å². The molecule has 1 saturated heterocycles. The quantitative estimate of drug-likeness (QED) is 0.617. The van der Waals surface area contributed by atoms with Gasteiger partial charge in [0, 0.05) is 5.56 Å². The molecule has 1 aromatic heterocycles. The van der Waals surface area contributed by atoms with Crippen molar-refractivity contribution in [2.45, 2.75) is 0 Å². The van der Waals surface area contributed by atoms with E-state index in [-0.39, 0.29) is 24.1 Å². The first-order chi connectivity index (χ1) is 12.6. The molecular formula is C18H21N4O4+. The Balaban J connectivity index is 1.40. The third-order valence-electron chi connectivity index (χ3n) is 4.25. The van der Waals surface area contributed by atoms with E-state index in [2.05, 4.69) is 10.9 Å². The van der Waals surface area contributed by atoms with Gasteiger partial charge in [0.25, 0.3) is 11.8 Å². The maximum Gasteiger partial charge on any atom is 0.305 e. The maximum atomic E-state index is 12.4. The summed E-state index contributed by atoms with van der Waals surface area (Å²) in [6, 6.07) is 12.3. The second kappa shape index (κ2) is 8.30. The van der Waals surface area contributed by atoms with Crippen LogP contribution in [0.5, 0.6) is 0 Å². The van der Waals surface area contributed by atoms with Crippen LogP contribution >= 0.6 is 0 Å². The Morgan fingerprint density at radius 2 is 1.73 bits per heavy atom. The van der Waals surface area contributed by atoms with Crippen LogP contribution in [0.1, 0.15) is 20.9 Å². The average Bonchev–Trinajstić information content (AvgIpc) is 3.22. The van der Waals surface area contributed by atoms with Crippen LogP contribution in [0.2, 0.25) is 0 Å². The van der Waals surface area contributed by atoms with Gasteiger partial charge in [0.05, 0.1) is 32.4 Å². The minimum absolute atomic E-state index is 0.0137. The van der Waals surface area contributed by atoms with Crippen molar-refractivity contribution in [3.05, 3.63) is 60.1 Å². The largest absolute Gasteiger partial charge is 0.459 e. The van der Waals surface area contributed by atoms with Gasteiger partial charge in [0.15, 0.2) is 12.3 Å². The number of piperazine rings is 1. The lowest BCUT2D eigenvalue weighted by atomic mass is 10.2. The Hall–Kier alpha value is -3.13. The van der Waals surface area contributed by atoms with Crippen LogP contribution in [0, 0.1) is 0 Å². The number of hydrazine groups is 1. The molecule has 2 aromatic rings. The van der Waals surface area contributed by atoms with Gasteiger partial charge in [0.2, 0.25) is 0 Å². The number of hydrogen-bond acceptors (Lipinski definition) is 4. The lowest BCUT2D eigenvalue weighted by molar-refractivity contribution is -0.896. The summed E-state index contributed by atoms with van der Waals surface area (Å²) in [5.41, 5.74) is 5.37. The molecular weight excluding hydrogens is 336 g/mol. The number of rotatable bonds is 4. The SMILES string of the molecule is O=C(C[NH+]1CCN(C(=O)c2ccccc2)CC1)NNC(=O)c1ccco1. The number of nitrogens with one attached hydrogen (secondary N) is 3. The van der Waals surface area contributed by atoms with E-state index in [0.29, 0.717) is 31.7 Å². The number of benzene rings is 1. The van der Waals surface area contributed by atoms with Gasteiger partial charge < -0.3 is 14.2 Å². The third-order valence-corrected chi connectivity index (χ3v) is 4.25. The molecule has 0 saturated carbocycles. The van der Waals surface area contributed by atoms with Crippen molar-refractivity contribution < 1.29 is 23.7 Å². The van der Waals surface area contributed by atoms with Crippen LogP contribution in [-0.2, 0) is 4.79 Å². The summed E-state index contributed by atoms with van der Waals surface area (Å²) < 4.78 is 4.94. The maximum absolute atomic E-state index is 12.4. The van der Waals surface area contributed by atoms with Crippen molar-refractivity contribution >= 4 is 17.7 Å². The lowest BCUT2D eigenvalue weighted by Gasteiger charge is -2.31. The normalized spacial score (nSPS) is 14.7. The predicted octanol–water partition coefficient (Wildman–Crippen LogP) is -0.918. The minimum atomic E-state index is -0.503. The topological polar surface area (TPSA) is 96.1 Å². The van der Waals surface area contributed by atoms with Crippen LogP contribution in [0.25, 0.3) is 0 Å². The molecule has 0 atom stereocenters. The van der Waals surface area contributed by atoms with E-state index in [1.807, 2.05) is 18.2 Å². The summed E-state index contributed by atoms with van der Waals surface area (Å²) in [4.78, 5) is 38.9. The van der Waals surface area contributed by atoms with E-state index in [1.54, 1.807) is 23.1 Å². The average molecular weight is 357 g/mol. The Morgan fingerprint density at radius 1 is 1.00 bits per heavy atom. The van der Waals surface area contributed by atoms with Gasteiger partial charge in [-0.15, -0.1) is 0 Å². The molecule has 8 heteroatoms. The van der Waals surface area contributed by atoms with E-state index in [0.717, 1.165) is 4.90 Å². The van der Waals surface area contributed by atoms with Crippen LogP contribution < -0.4 is 15.8 Å². The molecule has 0 radical (unpaired) electrons. The highest BCUT2D eigenvalue weighted by atomic mass is 16.3. The molecule has 1 aromatic carbocycles. The molecule has 1 fully saturated rings. The molecule has 0 aliphatic carbocycles. The molecule has 0 unspecified atom stereocenters. The number of furan rings is 1. The number of amides is 3. The lowest BCUT2D eigenvalue weighted by Crippen LogP contribution is -3.16. The number of carbonyl (C=O) groups excluding carboxylic acids is 3. The number of nitrogens with zero attached hydrogens (tertiary/aromatic N) is 1. The fraction of sp³-hybridized carbons (Fsp3) is 0.278. The zero-order chi connectivity index (χ0) is 18.4. The molecule has 3 amide bonds. The molecule has 1 aliphatic heterocycles. The predicted molar refractivity (Wildman–Crippen MR) is 92.2 cm³/mol. The number of quaternary nitrogens is 1. The smallest absolute Gasteiger partial charge is 0.305 e. The zero-order valence-electron chi connectivity index (χ0n) is 14.2. The number of carbonyl (C=O) groups is 3. The van der Waals surface area contributed by atoms with E-state index in [4.69, 9.17) is 4.42 Å². The summed E-state index contributed by atoms with van der Waals surface area (Å²) in [6.07, 6.45) is 1.39. The molecule has 0 bridgehead atoms. The monoisotopic (exact) mass is 357 g/mol. The van der Waals surface area contributed by atoms with E-state index >= 15 is 0 Å². The summed E-state index contributed by atoms with van der Waals surface area (Å²) in [5.74, 6) is -0.648. The van der Waals surface area contributed by atoms with Crippen LogP contribution in [0.4, 0.5) is 0 Å². The van der Waals surface area contributed by atoms with Gasteiger partial charge in [-0.25, -0.2) is 0 Å². The summed E-state index contributed by atoms with van der Waals surface area (Å²) in [5, 5.41) is 0. The summed E-state index contributed by atoms with van der Waals surface area (Å²) in [6.45, 7) is 2.77. The zero-order valence-corrected chi connectivity index (χ0v) is 14.2. The molecule has 1 aliphatic rings. The third kappa shape index (κ3) is 4.48. The first-order valence-corrected chi connectivity index (χ1v) is 8.44. The number of hydrogen-bond donors (Lipinski definition) is 3. The van der Waals surface area contributed by atoms with Crippen molar-refractivity contribution in [3.8, 4) is 0 Å². The van der Waals surface area contributed by atoms with Crippen molar-refractivity contribution in [1.82, 2.24) is 15.8 Å². The fourth-order valence-electron chi connectivity index (χ4n) is 2.83. The molecule has 0 spiro atoms. The van der Waals surface area contributed by atoms with Gasteiger partial charge in [0.1, 0.15) is 0 Å². The van der Waals surface area contributed by atoms with Gasteiger partial charge >= 0.3 is 5.91 Å². The van der Waals surface area contributed by atoms with Crippen LogP contribution in [-0.4, -0.2) is 55.3 Å². The van der Waals surface area contributed by atoms with Crippen LogP contribution in [0.15, 0.2) is 53.1 Å². The Labute approximate surface area is 150 Å². The second-order valence-electron chi connectivity index (χ2n) is 6.06. The Morgan fingerprint density at radius 3 is 2.38 bits per heavy atom. The highest BCUT2D eigenvalue weighted by Gasteiger charge is 2.26. The highest BCUT2D eigenvalue weighted by molar-refractivity contribution is 5.94. The second-order valence-corrected chi connectivity index (χ2v) is 6.06. The standard InChI is InChI=1S/C18H20N4O4/c23-16(19-20-17(24)15-7-4-12-26-15)13-21-8-10-22(11-9-21)18(25)14-5-2-1-3-6-14/h1-7,12H,8-11,13H2,(H,19,23)(H,20,24)/p+1. The minimum Gasteiger partial charge on any atom is -0.459 e. The van der Waals surface area contributed by atoms with Crippen molar-refractivity contribution in [2.75, 3.05) is 32.7 Å². The first-order valence-electron chi connectivity index (χ1n) is 8.44. The first kappa shape index (κ1) is 17.7. The Kier molecular flexibility index (Phi) is 5.65. The van der Waals surface area contributed by atoms with Crippen molar-refractivity contribution in [3.63, 3.8) is 0 Å². The van der Waals surface area contributed by atoms with E-state index < -0.39 is 5.91 Å². The summed E-state index contributed by atoms with van der Waals surface area (Å²) in [7, 11) is 0. The summed E-state index contributed by atoms with van der Waals surface area (Å²) >= 11 is 0. The molecule has 3 N–H and O–H groups in total. The van der Waals surface area contributed by atoms with Gasteiger partial charge in [-0.2, -0.15) is 0 Å². The van der Waals surface area contributed by atoms with Gasteiger partial charge in [-0.1, -0.05) is 18.2 Å². The van der Waals surface area contributed by atoms with Gasteiger partial charge in [-0.05, 0) is 24.3 Å². The Bertz CT molecular complexity index is 753. The fourth-order valence-corrected chi connectivity index (χ4v) is 2.83. The van der Waals surface area contributed by atoms with E-state index in [9.17, 15) is 14.4 Å². The molecule has 3 rings (SSSR count). The molecule has 26 heavy (non-hydrogen) atoms. The van der Waals surface area contributed by atoms with E-state index in [1.165, 1.54) is 12.3 Å².